The fourth-order valence-electron chi connectivity index (χ4n) is 5.05. The predicted octanol–water partition coefficient (Wildman–Crippen LogP) is 6.95. The first-order valence-electron chi connectivity index (χ1n) is 13.4. The first kappa shape index (κ1) is 26.5. The maximum atomic E-state index is 13.9. The predicted molar refractivity (Wildman–Crippen MR) is 148 cm³/mol. The summed E-state index contributed by atoms with van der Waals surface area (Å²) in [7, 11) is 0. The lowest BCUT2D eigenvalue weighted by Gasteiger charge is -2.26. The van der Waals surface area contributed by atoms with Gasteiger partial charge >= 0.3 is 0 Å². The maximum absolute atomic E-state index is 13.9. The van der Waals surface area contributed by atoms with Gasteiger partial charge in [-0.2, -0.15) is 0 Å². The van der Waals surface area contributed by atoms with Crippen LogP contribution in [-0.2, 0) is 6.54 Å². The molecule has 1 aliphatic rings. The number of fused-ring (bicyclic) bond motifs is 2. The number of carbonyl (C=O) groups excluding carboxylic acids is 1. The van der Waals surface area contributed by atoms with E-state index in [1.54, 1.807) is 29.2 Å². The molecule has 0 saturated heterocycles. The van der Waals surface area contributed by atoms with Crippen LogP contribution in [0.1, 0.15) is 72.0 Å². The van der Waals surface area contributed by atoms with E-state index in [0.29, 0.717) is 46.8 Å². The van der Waals surface area contributed by atoms with Crippen LogP contribution >= 0.6 is 0 Å². The van der Waals surface area contributed by atoms with Gasteiger partial charge in [-0.25, -0.2) is 4.39 Å². The average Bonchev–Trinajstić information content (AvgIpc) is 3.20. The van der Waals surface area contributed by atoms with E-state index in [0.717, 1.165) is 30.4 Å². The van der Waals surface area contributed by atoms with Gasteiger partial charge in [-0.15, -0.1) is 0 Å². The lowest BCUT2D eigenvalue weighted by molar-refractivity contribution is 0.0714. The molecule has 0 N–H and O–H groups in total. The van der Waals surface area contributed by atoms with Crippen LogP contribution in [-0.4, -0.2) is 24.0 Å². The van der Waals surface area contributed by atoms with E-state index >= 15 is 0 Å². The van der Waals surface area contributed by atoms with Crippen molar-refractivity contribution in [2.24, 2.45) is 0 Å². The molecule has 7 heteroatoms. The molecule has 0 aliphatic carbocycles. The SMILES string of the molecule is CCCCCOc1ccc(C2c3c(oc4ccc(C)cc4c3=O)C(=O)N2Cc2ccc(F)cc2)cc1OCC. The van der Waals surface area contributed by atoms with E-state index in [1.807, 2.05) is 38.1 Å². The lowest BCUT2D eigenvalue weighted by atomic mass is 9.97. The molecule has 1 aliphatic heterocycles. The molecule has 0 spiro atoms. The summed E-state index contributed by atoms with van der Waals surface area (Å²) >= 11 is 0. The summed E-state index contributed by atoms with van der Waals surface area (Å²) in [6, 6.07) is 16.1. The Morgan fingerprint density at radius 1 is 0.923 bits per heavy atom. The van der Waals surface area contributed by atoms with Crippen LogP contribution in [0.5, 0.6) is 11.5 Å². The van der Waals surface area contributed by atoms with Crippen LogP contribution in [0.15, 0.2) is 69.9 Å². The van der Waals surface area contributed by atoms with Crippen molar-refractivity contribution in [3.05, 3.63) is 105 Å². The van der Waals surface area contributed by atoms with E-state index in [2.05, 4.69) is 6.92 Å². The monoisotopic (exact) mass is 529 g/mol. The molecule has 39 heavy (non-hydrogen) atoms. The normalized spacial score (nSPS) is 14.6. The van der Waals surface area contributed by atoms with Gasteiger partial charge < -0.3 is 18.8 Å². The summed E-state index contributed by atoms with van der Waals surface area (Å²) in [4.78, 5) is 29.2. The minimum Gasteiger partial charge on any atom is -0.490 e. The number of hydrogen-bond donors (Lipinski definition) is 0. The second-order valence-corrected chi connectivity index (χ2v) is 9.83. The highest BCUT2D eigenvalue weighted by Gasteiger charge is 2.43. The Kier molecular flexibility index (Phi) is 7.68. The molecule has 5 rings (SSSR count). The zero-order valence-electron chi connectivity index (χ0n) is 22.5. The van der Waals surface area contributed by atoms with Gasteiger partial charge in [-0.1, -0.05) is 49.6 Å². The lowest BCUT2D eigenvalue weighted by Crippen LogP contribution is -2.29. The van der Waals surface area contributed by atoms with Crippen LogP contribution in [0, 0.1) is 12.7 Å². The van der Waals surface area contributed by atoms with Crippen molar-refractivity contribution in [1.82, 2.24) is 4.90 Å². The molecule has 4 aromatic rings. The fourth-order valence-corrected chi connectivity index (χ4v) is 5.05. The molecule has 202 valence electrons. The Hall–Kier alpha value is -4.13. The van der Waals surface area contributed by atoms with E-state index in [4.69, 9.17) is 13.9 Å². The number of hydrogen-bond acceptors (Lipinski definition) is 5. The summed E-state index contributed by atoms with van der Waals surface area (Å²) < 4.78 is 31.6. The van der Waals surface area contributed by atoms with Crippen molar-refractivity contribution < 1.29 is 23.1 Å². The van der Waals surface area contributed by atoms with Crippen LogP contribution < -0.4 is 14.9 Å². The van der Waals surface area contributed by atoms with E-state index < -0.39 is 11.9 Å². The number of rotatable bonds is 10. The molecule has 0 radical (unpaired) electrons. The number of ether oxygens (including phenoxy) is 2. The van der Waals surface area contributed by atoms with Gasteiger partial charge in [-0.3, -0.25) is 9.59 Å². The van der Waals surface area contributed by atoms with Crippen molar-refractivity contribution in [3.63, 3.8) is 0 Å². The molecule has 1 amide bonds. The summed E-state index contributed by atoms with van der Waals surface area (Å²) in [5, 5.41) is 0.427. The van der Waals surface area contributed by atoms with Crippen molar-refractivity contribution in [3.8, 4) is 11.5 Å². The summed E-state index contributed by atoms with van der Waals surface area (Å²) in [5.41, 5.74) is 2.77. The molecule has 0 bridgehead atoms. The number of aryl methyl sites for hydroxylation is 1. The highest BCUT2D eigenvalue weighted by Crippen LogP contribution is 2.42. The molecular formula is C32H32FNO5. The van der Waals surface area contributed by atoms with Crippen LogP contribution in [0.25, 0.3) is 11.0 Å². The van der Waals surface area contributed by atoms with Gasteiger partial charge in [0.1, 0.15) is 11.4 Å². The first-order chi connectivity index (χ1) is 18.9. The molecule has 1 aromatic heterocycles. The summed E-state index contributed by atoms with van der Waals surface area (Å²) in [6.45, 7) is 7.11. The Balaban J connectivity index is 1.63. The first-order valence-corrected chi connectivity index (χ1v) is 13.4. The number of unbranched alkanes of at least 4 members (excludes halogenated alkanes) is 2. The molecule has 1 atom stereocenters. The van der Waals surface area contributed by atoms with Gasteiger partial charge in [0.15, 0.2) is 16.9 Å². The van der Waals surface area contributed by atoms with Crippen molar-refractivity contribution in [2.45, 2.75) is 52.6 Å². The van der Waals surface area contributed by atoms with Crippen molar-refractivity contribution in [1.29, 1.82) is 0 Å². The van der Waals surface area contributed by atoms with Crippen molar-refractivity contribution >= 4 is 16.9 Å². The van der Waals surface area contributed by atoms with E-state index in [1.165, 1.54) is 12.1 Å². The van der Waals surface area contributed by atoms with Gasteiger partial charge in [0.05, 0.1) is 30.2 Å². The highest BCUT2D eigenvalue weighted by atomic mass is 19.1. The summed E-state index contributed by atoms with van der Waals surface area (Å²) in [5.74, 6) is 0.446. The quantitative estimate of drug-likeness (QED) is 0.208. The van der Waals surface area contributed by atoms with E-state index in [9.17, 15) is 14.0 Å². The third kappa shape index (κ3) is 5.26. The zero-order chi connectivity index (χ0) is 27.5. The van der Waals surface area contributed by atoms with Gasteiger partial charge in [0.25, 0.3) is 5.91 Å². The molecule has 2 heterocycles. The summed E-state index contributed by atoms with van der Waals surface area (Å²) in [6.07, 6.45) is 3.11. The minimum atomic E-state index is -0.716. The minimum absolute atomic E-state index is 0.0290. The van der Waals surface area contributed by atoms with Gasteiger partial charge in [-0.05, 0) is 67.8 Å². The smallest absolute Gasteiger partial charge is 0.291 e. The Bertz CT molecular complexity index is 1560. The molecule has 0 saturated carbocycles. The fraction of sp³-hybridized carbons (Fsp3) is 0.312. The Morgan fingerprint density at radius 2 is 1.72 bits per heavy atom. The molecule has 3 aromatic carbocycles. The number of amides is 1. The van der Waals surface area contributed by atoms with E-state index in [-0.39, 0.29) is 23.6 Å². The topological polar surface area (TPSA) is 69.0 Å². The van der Waals surface area contributed by atoms with Crippen molar-refractivity contribution in [2.75, 3.05) is 13.2 Å². The number of benzene rings is 3. The molecule has 1 unspecified atom stereocenters. The van der Waals surface area contributed by atoms with Crippen LogP contribution in [0.3, 0.4) is 0 Å². The highest BCUT2D eigenvalue weighted by molar-refractivity contribution is 5.99. The van der Waals surface area contributed by atoms with Crippen LogP contribution in [0.2, 0.25) is 0 Å². The number of halogens is 1. The average molecular weight is 530 g/mol. The van der Waals surface area contributed by atoms with Crippen LogP contribution in [0.4, 0.5) is 4.39 Å². The standard InChI is InChI=1S/C32H32FNO5/c1-4-6-7-16-38-26-15-11-22(18-27(26)37-5-2)29-28-30(35)24-17-20(3)8-14-25(24)39-31(28)32(36)34(29)19-21-9-12-23(33)13-10-21/h8-15,17-18,29H,4-7,16,19H2,1-3H3. The van der Waals surface area contributed by atoms with Gasteiger partial charge in [0.2, 0.25) is 5.76 Å². The Morgan fingerprint density at radius 3 is 2.46 bits per heavy atom. The third-order valence-electron chi connectivity index (χ3n) is 6.98. The molecular weight excluding hydrogens is 497 g/mol. The zero-order valence-corrected chi connectivity index (χ0v) is 22.5. The number of carbonyl (C=O) groups is 1. The molecule has 6 nitrogen and oxygen atoms in total. The van der Waals surface area contributed by atoms with Gasteiger partial charge in [0, 0.05) is 6.54 Å². The number of nitrogens with zero attached hydrogens (tertiary/aromatic N) is 1. The third-order valence-corrected chi connectivity index (χ3v) is 6.98. The Labute approximate surface area is 227 Å². The molecule has 0 fully saturated rings. The second kappa shape index (κ2) is 11.3. The largest absolute Gasteiger partial charge is 0.490 e. The maximum Gasteiger partial charge on any atom is 0.291 e. The second-order valence-electron chi connectivity index (χ2n) is 9.83.